The molecule has 0 spiro atoms. The molecule has 22 heavy (non-hydrogen) atoms. The van der Waals surface area contributed by atoms with Crippen molar-refractivity contribution in [1.82, 2.24) is 10.2 Å². The van der Waals surface area contributed by atoms with Crippen molar-refractivity contribution in [1.29, 1.82) is 0 Å². The summed E-state index contributed by atoms with van der Waals surface area (Å²) in [4.78, 5) is 0. The first-order valence-electron chi connectivity index (χ1n) is 6.39. The zero-order valence-electron chi connectivity index (χ0n) is 12.0. The number of anilines is 2. The average Bonchev–Trinajstić information content (AvgIpc) is 2.97. The van der Waals surface area contributed by atoms with Crippen molar-refractivity contribution in [3.8, 4) is 5.75 Å². The molecular formula is C14H17N5OS2. The first-order valence-corrected chi connectivity index (χ1v) is 8.43. The third-order valence-corrected chi connectivity index (χ3v) is 4.68. The molecule has 7 N–H and O–H groups in total. The van der Waals surface area contributed by atoms with Gasteiger partial charge in [-0.1, -0.05) is 47.4 Å². The summed E-state index contributed by atoms with van der Waals surface area (Å²) in [7, 11) is 0. The molecule has 0 bridgehead atoms. The number of nitrogen functional groups attached to an aromatic ring is 2. The topological polar surface area (TPSA) is 124 Å². The Morgan fingerprint density at radius 1 is 1.23 bits per heavy atom. The van der Waals surface area contributed by atoms with Crippen molar-refractivity contribution in [2.75, 3.05) is 17.7 Å². The number of nitrogens with zero attached hydrogens (tertiary/aromatic N) is 2. The van der Waals surface area contributed by atoms with Crippen LogP contribution < -0.4 is 17.2 Å². The quantitative estimate of drug-likeness (QED) is 0.322. The van der Waals surface area contributed by atoms with E-state index in [1.54, 1.807) is 11.8 Å². The molecule has 0 fully saturated rings. The summed E-state index contributed by atoms with van der Waals surface area (Å²) in [6, 6.07) is 9.51. The highest BCUT2D eigenvalue weighted by Crippen LogP contribution is 2.33. The van der Waals surface area contributed by atoms with Crippen molar-refractivity contribution >= 4 is 44.7 Å². The van der Waals surface area contributed by atoms with Gasteiger partial charge in [0.05, 0.1) is 5.69 Å². The summed E-state index contributed by atoms with van der Waals surface area (Å²) in [5, 5.41) is 19.4. The summed E-state index contributed by atoms with van der Waals surface area (Å²) in [6.45, 7) is 0.293. The van der Waals surface area contributed by atoms with Crippen LogP contribution in [0.3, 0.4) is 0 Å². The highest BCUT2D eigenvalue weighted by molar-refractivity contribution is 8.00. The van der Waals surface area contributed by atoms with Crippen LogP contribution in [0.15, 0.2) is 34.7 Å². The Bertz CT molecular complexity index is 775. The van der Waals surface area contributed by atoms with Crippen LogP contribution in [0.25, 0.3) is 10.8 Å². The van der Waals surface area contributed by atoms with E-state index in [4.69, 9.17) is 17.2 Å². The van der Waals surface area contributed by atoms with Crippen LogP contribution in [0.5, 0.6) is 5.75 Å². The maximum atomic E-state index is 9.69. The summed E-state index contributed by atoms with van der Waals surface area (Å²) < 4.78 is 0.919. The van der Waals surface area contributed by atoms with Gasteiger partial charge < -0.3 is 22.3 Å². The highest BCUT2D eigenvalue weighted by Gasteiger charge is 2.07. The van der Waals surface area contributed by atoms with Crippen LogP contribution in [0, 0.1) is 0 Å². The third kappa shape index (κ3) is 3.59. The van der Waals surface area contributed by atoms with Gasteiger partial charge in [0.25, 0.3) is 0 Å². The second kappa shape index (κ2) is 7.30. The molecule has 0 aliphatic heterocycles. The monoisotopic (exact) mass is 335 g/mol. The predicted molar refractivity (Wildman–Crippen MR) is 94.0 cm³/mol. The Morgan fingerprint density at radius 3 is 2.50 bits per heavy atom. The van der Waals surface area contributed by atoms with E-state index in [0.717, 1.165) is 15.1 Å². The zero-order chi connectivity index (χ0) is 16.1. The molecule has 3 rings (SSSR count). The Morgan fingerprint density at radius 2 is 1.95 bits per heavy atom. The average molecular weight is 335 g/mol. The van der Waals surface area contributed by atoms with Gasteiger partial charge >= 0.3 is 0 Å². The molecule has 0 amide bonds. The van der Waals surface area contributed by atoms with Gasteiger partial charge in [-0.3, -0.25) is 0 Å². The molecule has 1 aromatic heterocycles. The van der Waals surface area contributed by atoms with E-state index >= 15 is 0 Å². The van der Waals surface area contributed by atoms with Crippen LogP contribution in [0.1, 0.15) is 5.56 Å². The predicted octanol–water partition coefficient (Wildman–Crippen LogP) is 2.43. The number of benzene rings is 2. The molecule has 0 aliphatic rings. The van der Waals surface area contributed by atoms with Crippen LogP contribution in [-0.2, 0) is 6.54 Å². The number of phenolic OH excluding ortho intramolecular Hbond substituents is 1. The summed E-state index contributed by atoms with van der Waals surface area (Å²) in [5.74, 6) is 0.103. The number of nitrogens with two attached hydrogens (primary N) is 3. The molecule has 0 saturated heterocycles. The van der Waals surface area contributed by atoms with Crippen molar-refractivity contribution in [3.63, 3.8) is 0 Å². The van der Waals surface area contributed by atoms with Gasteiger partial charge in [0, 0.05) is 17.5 Å². The SMILES string of the molecule is CSc1nnc(N)s1.NCc1cc2ccccc2c(N)c1O. The molecule has 1 heterocycles. The smallest absolute Gasteiger partial charge is 0.203 e. The normalized spacial score (nSPS) is 10.3. The number of rotatable bonds is 2. The van der Waals surface area contributed by atoms with Gasteiger partial charge in [0.15, 0.2) is 4.34 Å². The Hall–Kier alpha value is -2.03. The molecular weight excluding hydrogens is 318 g/mol. The summed E-state index contributed by atoms with van der Waals surface area (Å²) in [5.41, 5.74) is 17.7. The number of thioether (sulfide) groups is 1. The van der Waals surface area contributed by atoms with E-state index in [9.17, 15) is 5.11 Å². The van der Waals surface area contributed by atoms with Crippen LogP contribution in [-0.4, -0.2) is 21.6 Å². The molecule has 116 valence electrons. The van der Waals surface area contributed by atoms with Crippen molar-refractivity contribution in [2.45, 2.75) is 10.9 Å². The van der Waals surface area contributed by atoms with Crippen molar-refractivity contribution in [2.24, 2.45) is 5.73 Å². The summed E-state index contributed by atoms with van der Waals surface area (Å²) in [6.07, 6.45) is 1.94. The summed E-state index contributed by atoms with van der Waals surface area (Å²) >= 11 is 2.96. The minimum Gasteiger partial charge on any atom is -0.505 e. The highest BCUT2D eigenvalue weighted by atomic mass is 32.2. The van der Waals surface area contributed by atoms with Crippen LogP contribution >= 0.6 is 23.1 Å². The maximum Gasteiger partial charge on any atom is 0.203 e. The fraction of sp³-hybridized carbons (Fsp3) is 0.143. The number of phenols is 1. The molecule has 0 aliphatic carbocycles. The standard InChI is InChI=1S/C11H12N2O.C3H5N3S2/c12-6-8-5-7-3-1-2-4-9(7)10(13)11(8)14;1-7-3-6-5-2(4)8-3/h1-5,14H,6,12-13H2;1H3,(H2,4,5). The number of fused-ring (bicyclic) bond motifs is 1. The van der Waals surface area contributed by atoms with E-state index in [1.165, 1.54) is 11.3 Å². The Labute approximate surface area is 136 Å². The van der Waals surface area contributed by atoms with Crippen LogP contribution in [0.4, 0.5) is 10.8 Å². The van der Waals surface area contributed by atoms with E-state index in [-0.39, 0.29) is 5.75 Å². The van der Waals surface area contributed by atoms with E-state index in [1.807, 2.05) is 36.6 Å². The second-order valence-electron chi connectivity index (χ2n) is 4.33. The number of hydrogen-bond donors (Lipinski definition) is 4. The second-order valence-corrected chi connectivity index (χ2v) is 6.40. The maximum absolute atomic E-state index is 9.69. The van der Waals surface area contributed by atoms with Gasteiger partial charge in [-0.15, -0.1) is 10.2 Å². The van der Waals surface area contributed by atoms with Crippen LogP contribution in [0.2, 0.25) is 0 Å². The van der Waals surface area contributed by atoms with Gasteiger partial charge in [0.1, 0.15) is 5.75 Å². The number of aromatic nitrogens is 2. The zero-order valence-corrected chi connectivity index (χ0v) is 13.6. The minimum atomic E-state index is 0.103. The lowest BCUT2D eigenvalue weighted by atomic mass is 10.0. The first kappa shape index (κ1) is 16.3. The van der Waals surface area contributed by atoms with E-state index in [2.05, 4.69) is 10.2 Å². The molecule has 6 nitrogen and oxygen atoms in total. The van der Waals surface area contributed by atoms with E-state index < -0.39 is 0 Å². The first-order chi connectivity index (χ1) is 10.6. The fourth-order valence-electron chi connectivity index (χ4n) is 1.88. The van der Waals surface area contributed by atoms with Gasteiger partial charge in [-0.05, 0) is 17.7 Å². The van der Waals surface area contributed by atoms with Gasteiger partial charge in [-0.2, -0.15) is 0 Å². The van der Waals surface area contributed by atoms with Gasteiger partial charge in [-0.25, -0.2) is 0 Å². The molecule has 0 atom stereocenters. The molecule has 2 aromatic carbocycles. The van der Waals surface area contributed by atoms with E-state index in [0.29, 0.717) is 22.9 Å². The van der Waals surface area contributed by atoms with Crippen molar-refractivity contribution in [3.05, 3.63) is 35.9 Å². The van der Waals surface area contributed by atoms with Crippen molar-refractivity contribution < 1.29 is 5.11 Å². The number of aromatic hydroxyl groups is 1. The molecule has 3 aromatic rings. The molecule has 8 heteroatoms. The molecule has 0 unspecified atom stereocenters. The minimum absolute atomic E-state index is 0.103. The Balaban J connectivity index is 0.000000188. The third-order valence-electron chi connectivity index (χ3n) is 2.96. The van der Waals surface area contributed by atoms with Gasteiger partial charge in [0.2, 0.25) is 5.13 Å². The lowest BCUT2D eigenvalue weighted by Crippen LogP contribution is -1.99. The molecule has 0 radical (unpaired) electrons. The largest absolute Gasteiger partial charge is 0.505 e. The fourth-order valence-corrected chi connectivity index (χ4v) is 2.94. The lowest BCUT2D eigenvalue weighted by Gasteiger charge is -2.08. The lowest BCUT2D eigenvalue weighted by molar-refractivity contribution is 0.472. The Kier molecular flexibility index (Phi) is 5.42. The molecule has 0 saturated carbocycles. The number of hydrogen-bond acceptors (Lipinski definition) is 8.